The third kappa shape index (κ3) is 7.81. The Kier molecular flexibility index (Phi) is 11.7. The summed E-state index contributed by atoms with van der Waals surface area (Å²) < 4.78 is 132. The van der Waals surface area contributed by atoms with Crippen molar-refractivity contribution in [3.63, 3.8) is 0 Å². The molecule has 0 saturated heterocycles. The van der Waals surface area contributed by atoms with Crippen molar-refractivity contribution < 1.29 is 35.1 Å². The van der Waals surface area contributed by atoms with Crippen molar-refractivity contribution in [3.05, 3.63) is 251 Å². The molecule has 2 aromatic heterocycles. The monoisotopic (exact) mass is 1050 g/mol. The molecular formula is C65H30F8N6. The Labute approximate surface area is 444 Å². The van der Waals surface area contributed by atoms with Crippen molar-refractivity contribution in [2.45, 2.75) is 6.18 Å². The average Bonchev–Trinajstić information content (AvgIpc) is 3.92. The molecule has 376 valence electrons. The van der Waals surface area contributed by atoms with E-state index in [0.717, 1.165) is 12.1 Å². The zero-order chi connectivity index (χ0) is 55.0. The van der Waals surface area contributed by atoms with E-state index in [4.69, 9.17) is 13.1 Å². The number of alkyl halides is 3. The van der Waals surface area contributed by atoms with Crippen molar-refractivity contribution in [2.75, 3.05) is 0 Å². The summed E-state index contributed by atoms with van der Waals surface area (Å²) in [4.78, 5) is 7.36. The van der Waals surface area contributed by atoms with Gasteiger partial charge in [-0.25, -0.2) is 31.6 Å². The van der Waals surface area contributed by atoms with Gasteiger partial charge in [0.2, 0.25) is 5.82 Å². The Morgan fingerprint density at radius 3 is 1.04 bits per heavy atom. The van der Waals surface area contributed by atoms with Gasteiger partial charge >= 0.3 is 6.18 Å². The quantitative estimate of drug-likeness (QED) is 0.0691. The van der Waals surface area contributed by atoms with Crippen LogP contribution in [0.3, 0.4) is 0 Å². The zero-order valence-electron chi connectivity index (χ0n) is 40.5. The number of fused-ring (bicyclic) bond motifs is 6. The van der Waals surface area contributed by atoms with E-state index in [1.807, 2.05) is 0 Å². The largest absolute Gasteiger partial charge is 0.420 e. The summed E-state index contributed by atoms with van der Waals surface area (Å²) in [5.41, 5.74) is 0.442. The van der Waals surface area contributed by atoms with E-state index >= 15 is 30.7 Å². The SMILES string of the molecule is [C-]#[N+]c1ccccc1-c1ccc2c(c1)c1cc(-c3ccccc3C#N)ccc1n2-c1cc(-c2c(F)c(F)c(F)c(F)c2F)cc(-n2c3ccc(-c4ccccc4C#N)cc3c3cc(-c4ccccc4[N+]#[C-])ccc32)c1C(F)(F)F. The first-order chi connectivity index (χ1) is 38.2. The molecule has 10 aromatic carbocycles. The Balaban J connectivity index is 1.25. The number of rotatable bonds is 7. The van der Waals surface area contributed by atoms with Crippen molar-refractivity contribution >= 4 is 55.0 Å². The van der Waals surface area contributed by atoms with Gasteiger partial charge in [0.15, 0.2) is 34.6 Å². The molecule has 0 bridgehead atoms. The Morgan fingerprint density at radius 1 is 0.380 bits per heavy atom. The molecule has 0 fully saturated rings. The number of nitriles is 2. The van der Waals surface area contributed by atoms with Crippen molar-refractivity contribution in [3.8, 4) is 79.1 Å². The van der Waals surface area contributed by atoms with E-state index in [1.54, 1.807) is 146 Å². The van der Waals surface area contributed by atoms with Crippen LogP contribution in [0, 0.1) is 64.9 Å². The van der Waals surface area contributed by atoms with Crippen LogP contribution in [0.25, 0.3) is 120 Å². The normalized spacial score (nSPS) is 11.5. The predicted octanol–water partition coefficient (Wildman–Crippen LogP) is 18.8. The fourth-order valence-electron chi connectivity index (χ4n) is 10.8. The van der Waals surface area contributed by atoms with Gasteiger partial charge in [-0.3, -0.25) is 0 Å². The minimum absolute atomic E-state index is 0.112. The maximum absolute atomic E-state index is 17.0. The van der Waals surface area contributed by atoms with E-state index in [1.165, 1.54) is 33.4 Å². The first-order valence-corrected chi connectivity index (χ1v) is 24.1. The molecule has 0 atom stereocenters. The van der Waals surface area contributed by atoms with Gasteiger partial charge in [0, 0.05) is 21.5 Å². The molecule has 0 saturated carbocycles. The summed E-state index contributed by atoms with van der Waals surface area (Å²) in [6, 6.07) is 52.1. The highest BCUT2D eigenvalue weighted by Crippen LogP contribution is 2.49. The van der Waals surface area contributed by atoms with E-state index in [0.29, 0.717) is 77.2 Å². The number of nitrogens with zero attached hydrogens (tertiary/aromatic N) is 6. The maximum Gasteiger partial charge on any atom is 0.420 e. The molecule has 79 heavy (non-hydrogen) atoms. The van der Waals surface area contributed by atoms with Crippen LogP contribution in [0.1, 0.15) is 16.7 Å². The van der Waals surface area contributed by atoms with Crippen LogP contribution >= 0.6 is 0 Å². The number of benzene rings is 10. The first kappa shape index (κ1) is 49.1. The molecule has 12 rings (SSSR count). The smallest absolute Gasteiger partial charge is 0.309 e. The topological polar surface area (TPSA) is 66.2 Å². The van der Waals surface area contributed by atoms with Crippen molar-refractivity contribution in [1.29, 1.82) is 10.5 Å². The summed E-state index contributed by atoms with van der Waals surface area (Å²) in [6.07, 6.45) is -5.36. The summed E-state index contributed by atoms with van der Waals surface area (Å²) in [6.45, 7) is 15.8. The van der Waals surface area contributed by atoms with Crippen LogP contribution in [0.5, 0.6) is 0 Å². The molecule has 12 aromatic rings. The highest BCUT2D eigenvalue weighted by atomic mass is 19.4. The van der Waals surface area contributed by atoms with Crippen LogP contribution in [0.4, 0.5) is 46.5 Å². The average molecular weight is 1050 g/mol. The van der Waals surface area contributed by atoms with Crippen LogP contribution < -0.4 is 0 Å². The van der Waals surface area contributed by atoms with Gasteiger partial charge in [0.05, 0.1) is 75.4 Å². The Bertz CT molecular complexity index is 4270. The Hall–Kier alpha value is -10.8. The number of halogens is 8. The minimum atomic E-state index is -5.36. The number of para-hydroxylation sites is 2. The second kappa shape index (κ2) is 18.8. The summed E-state index contributed by atoms with van der Waals surface area (Å²) in [7, 11) is 0. The lowest BCUT2D eigenvalue weighted by atomic mass is 9.97. The molecule has 6 nitrogen and oxygen atoms in total. The molecule has 0 amide bonds. The molecule has 0 N–H and O–H groups in total. The van der Waals surface area contributed by atoms with Gasteiger partial charge in [-0.1, -0.05) is 109 Å². The fraction of sp³-hybridized carbons (Fsp3) is 0.0154. The van der Waals surface area contributed by atoms with Gasteiger partial charge in [0.1, 0.15) is 5.56 Å². The molecule has 2 heterocycles. The predicted molar refractivity (Wildman–Crippen MR) is 289 cm³/mol. The molecule has 0 aliphatic heterocycles. The molecule has 0 aliphatic carbocycles. The summed E-state index contributed by atoms with van der Waals surface area (Å²) >= 11 is 0. The highest BCUT2D eigenvalue weighted by Gasteiger charge is 2.41. The van der Waals surface area contributed by atoms with Crippen molar-refractivity contribution in [2.24, 2.45) is 0 Å². The Morgan fingerprint density at radius 2 is 0.696 bits per heavy atom. The lowest BCUT2D eigenvalue weighted by Crippen LogP contribution is -2.16. The number of hydrogen-bond donors (Lipinski definition) is 0. The van der Waals surface area contributed by atoms with E-state index in [9.17, 15) is 14.9 Å². The third-order valence-corrected chi connectivity index (χ3v) is 14.3. The molecule has 14 heteroatoms. The van der Waals surface area contributed by atoms with Gasteiger partial charge in [-0.2, -0.15) is 23.7 Å². The number of hydrogen-bond acceptors (Lipinski definition) is 2. The van der Waals surface area contributed by atoms with Gasteiger partial charge in [-0.15, -0.1) is 0 Å². The number of aromatic nitrogens is 2. The van der Waals surface area contributed by atoms with E-state index in [-0.39, 0.29) is 33.4 Å². The van der Waals surface area contributed by atoms with Gasteiger partial charge < -0.3 is 9.13 Å². The second-order valence-electron chi connectivity index (χ2n) is 18.5. The lowest BCUT2D eigenvalue weighted by molar-refractivity contribution is -0.137. The second-order valence-corrected chi connectivity index (χ2v) is 18.5. The van der Waals surface area contributed by atoms with E-state index < -0.39 is 63.3 Å². The van der Waals surface area contributed by atoms with Crippen LogP contribution in [-0.4, -0.2) is 9.13 Å². The van der Waals surface area contributed by atoms with Gasteiger partial charge in [0.25, 0.3) is 0 Å². The van der Waals surface area contributed by atoms with Gasteiger partial charge in [-0.05, 0) is 123 Å². The minimum Gasteiger partial charge on any atom is -0.309 e. The summed E-state index contributed by atoms with van der Waals surface area (Å²) in [5, 5.41) is 21.6. The lowest BCUT2D eigenvalue weighted by Gasteiger charge is -2.23. The highest BCUT2D eigenvalue weighted by molar-refractivity contribution is 6.14. The standard InChI is InChI=1S/C65H30F8N6/c1-76-50-17-9-7-15-44(50)37-21-25-54-48(29-37)46-27-35(42-13-5-3-11-39(42)33-74)19-23-52(46)78(54)56-31-41(58-60(66)62(68)64(70)63(69)61(58)67)32-57(59(56)65(71,72)73)79-53-24-20-36(43-14-6-4-12-40(43)34-75)28-47(53)49-30-38(22-26-55(49)79)45-16-8-10-18-51(45)77-2/h3-32H. The van der Waals surface area contributed by atoms with Crippen LogP contribution in [0.2, 0.25) is 0 Å². The molecule has 0 radical (unpaired) electrons. The third-order valence-electron chi connectivity index (χ3n) is 14.3. The zero-order valence-corrected chi connectivity index (χ0v) is 40.5. The van der Waals surface area contributed by atoms with E-state index in [2.05, 4.69) is 21.8 Å². The first-order valence-electron chi connectivity index (χ1n) is 24.1. The van der Waals surface area contributed by atoms with Crippen LogP contribution in [-0.2, 0) is 6.18 Å². The van der Waals surface area contributed by atoms with Crippen LogP contribution in [0.15, 0.2) is 182 Å². The van der Waals surface area contributed by atoms with Crippen molar-refractivity contribution in [1.82, 2.24) is 9.13 Å². The molecule has 0 unspecified atom stereocenters. The maximum atomic E-state index is 17.0. The fourth-order valence-corrected chi connectivity index (χ4v) is 10.8. The molecule has 0 aliphatic rings. The molecular weight excluding hydrogens is 1020 g/mol. The molecule has 0 spiro atoms. The summed E-state index contributed by atoms with van der Waals surface area (Å²) in [5.74, 6) is -11.7.